The van der Waals surface area contributed by atoms with Gasteiger partial charge in [-0.05, 0) is 44.9 Å². The minimum atomic E-state index is -3.82. The van der Waals surface area contributed by atoms with E-state index in [1.807, 2.05) is 24.3 Å². The highest BCUT2D eigenvalue weighted by Crippen LogP contribution is 2.25. The normalized spacial score (nSPS) is 11.6. The number of hydrogen-bond donors (Lipinski definition) is 1. The first-order valence-corrected chi connectivity index (χ1v) is 10.7. The SMILES string of the molecule is O=S(=O)(Nc1nn(Cc2ccccc2F)cc1Br)c1ccc2ccccc2c1. The van der Waals surface area contributed by atoms with Crippen LogP contribution in [0.25, 0.3) is 10.8 Å². The Bertz CT molecular complexity index is 1270. The Labute approximate surface area is 170 Å². The monoisotopic (exact) mass is 459 g/mol. The summed E-state index contributed by atoms with van der Waals surface area (Å²) in [4.78, 5) is 0.141. The largest absolute Gasteiger partial charge is 0.265 e. The molecule has 0 atom stereocenters. The fraction of sp³-hybridized carbons (Fsp3) is 0.0500. The number of hydrogen-bond acceptors (Lipinski definition) is 3. The molecule has 0 saturated carbocycles. The number of halogens is 2. The van der Waals surface area contributed by atoms with Gasteiger partial charge in [-0.2, -0.15) is 5.10 Å². The highest BCUT2D eigenvalue weighted by Gasteiger charge is 2.19. The van der Waals surface area contributed by atoms with Crippen molar-refractivity contribution in [3.05, 3.63) is 88.8 Å². The molecule has 1 aromatic heterocycles. The van der Waals surface area contributed by atoms with Gasteiger partial charge < -0.3 is 0 Å². The summed E-state index contributed by atoms with van der Waals surface area (Å²) in [7, 11) is -3.82. The van der Waals surface area contributed by atoms with E-state index in [9.17, 15) is 12.8 Å². The zero-order valence-electron chi connectivity index (χ0n) is 14.5. The molecular weight excluding hydrogens is 445 g/mol. The fourth-order valence-electron chi connectivity index (χ4n) is 2.87. The zero-order chi connectivity index (χ0) is 19.7. The predicted molar refractivity (Wildman–Crippen MR) is 110 cm³/mol. The number of fused-ring (bicyclic) bond motifs is 1. The van der Waals surface area contributed by atoms with Gasteiger partial charge >= 0.3 is 0 Å². The lowest BCUT2D eigenvalue weighted by atomic mass is 10.1. The summed E-state index contributed by atoms with van der Waals surface area (Å²) in [6, 6.07) is 18.8. The van der Waals surface area contributed by atoms with Crippen molar-refractivity contribution in [1.29, 1.82) is 0 Å². The third-order valence-corrected chi connectivity index (χ3v) is 6.19. The zero-order valence-corrected chi connectivity index (χ0v) is 16.9. The Kier molecular flexibility index (Phi) is 4.91. The van der Waals surface area contributed by atoms with Gasteiger partial charge in [0, 0.05) is 11.8 Å². The van der Waals surface area contributed by atoms with Crippen LogP contribution in [0.3, 0.4) is 0 Å². The molecule has 1 heterocycles. The van der Waals surface area contributed by atoms with E-state index in [0.717, 1.165) is 10.8 Å². The number of benzene rings is 3. The van der Waals surface area contributed by atoms with E-state index in [2.05, 4.69) is 25.8 Å². The highest BCUT2D eigenvalue weighted by molar-refractivity contribution is 9.10. The van der Waals surface area contributed by atoms with E-state index in [4.69, 9.17) is 0 Å². The maximum Gasteiger partial charge on any atom is 0.263 e. The van der Waals surface area contributed by atoms with Gasteiger partial charge in [0.25, 0.3) is 10.0 Å². The van der Waals surface area contributed by atoms with E-state index in [0.29, 0.717) is 10.0 Å². The molecule has 0 spiro atoms. The van der Waals surface area contributed by atoms with Gasteiger partial charge in [0.05, 0.1) is 15.9 Å². The smallest absolute Gasteiger partial charge is 0.263 e. The summed E-state index contributed by atoms with van der Waals surface area (Å²) in [6.07, 6.45) is 1.60. The van der Waals surface area contributed by atoms with Crippen molar-refractivity contribution >= 4 is 42.5 Å². The lowest BCUT2D eigenvalue weighted by molar-refractivity contribution is 0.585. The van der Waals surface area contributed by atoms with Gasteiger partial charge in [-0.25, -0.2) is 12.8 Å². The van der Waals surface area contributed by atoms with Crippen LogP contribution in [0.1, 0.15) is 5.56 Å². The molecular formula is C20H15BrFN3O2S. The van der Waals surface area contributed by atoms with Gasteiger partial charge in [0.15, 0.2) is 5.82 Å². The maximum absolute atomic E-state index is 13.8. The molecule has 28 heavy (non-hydrogen) atoms. The molecule has 0 fully saturated rings. The summed E-state index contributed by atoms with van der Waals surface area (Å²) in [5, 5.41) is 6.02. The molecule has 5 nitrogen and oxygen atoms in total. The summed E-state index contributed by atoms with van der Waals surface area (Å²) in [5.41, 5.74) is 0.460. The van der Waals surface area contributed by atoms with Crippen LogP contribution in [0.5, 0.6) is 0 Å². The lowest BCUT2D eigenvalue weighted by Gasteiger charge is -2.07. The van der Waals surface area contributed by atoms with E-state index in [1.54, 1.807) is 42.6 Å². The lowest BCUT2D eigenvalue weighted by Crippen LogP contribution is -2.14. The molecule has 0 aliphatic rings. The first-order valence-electron chi connectivity index (χ1n) is 8.40. The average Bonchev–Trinajstić information content (AvgIpc) is 3.01. The molecule has 8 heteroatoms. The van der Waals surface area contributed by atoms with Crippen LogP contribution < -0.4 is 4.72 Å². The van der Waals surface area contributed by atoms with Crippen LogP contribution in [0.4, 0.5) is 10.2 Å². The first-order chi connectivity index (χ1) is 13.4. The molecule has 0 bridgehead atoms. The fourth-order valence-corrected chi connectivity index (χ4v) is 4.47. The van der Waals surface area contributed by atoms with Crippen molar-refractivity contribution in [3.8, 4) is 0 Å². The van der Waals surface area contributed by atoms with Crippen molar-refractivity contribution in [1.82, 2.24) is 9.78 Å². The van der Waals surface area contributed by atoms with Crippen LogP contribution >= 0.6 is 15.9 Å². The molecule has 0 unspecified atom stereocenters. The highest BCUT2D eigenvalue weighted by atomic mass is 79.9. The Hall–Kier alpha value is -2.71. The second-order valence-electron chi connectivity index (χ2n) is 6.23. The molecule has 4 aromatic rings. The van der Waals surface area contributed by atoms with Crippen molar-refractivity contribution in [2.75, 3.05) is 4.72 Å². The Morgan fingerprint density at radius 2 is 1.71 bits per heavy atom. The van der Waals surface area contributed by atoms with Crippen LogP contribution in [0.2, 0.25) is 0 Å². The molecule has 0 aliphatic carbocycles. The van der Waals surface area contributed by atoms with Gasteiger partial charge in [0.2, 0.25) is 0 Å². The average molecular weight is 460 g/mol. The van der Waals surface area contributed by atoms with Crippen LogP contribution in [0.15, 0.2) is 82.3 Å². The van der Waals surface area contributed by atoms with Crippen LogP contribution in [-0.2, 0) is 16.6 Å². The summed E-state index contributed by atoms with van der Waals surface area (Å²) in [6.45, 7) is 0.184. The Balaban J connectivity index is 1.61. The number of anilines is 1. The van der Waals surface area contributed by atoms with Crippen molar-refractivity contribution in [3.63, 3.8) is 0 Å². The number of nitrogens with one attached hydrogen (secondary N) is 1. The second kappa shape index (κ2) is 7.37. The first kappa shape index (κ1) is 18.6. The second-order valence-corrected chi connectivity index (χ2v) is 8.77. The molecule has 3 aromatic carbocycles. The number of rotatable bonds is 5. The molecule has 0 saturated heterocycles. The number of sulfonamides is 1. The van der Waals surface area contributed by atoms with Crippen molar-refractivity contribution < 1.29 is 12.8 Å². The maximum atomic E-state index is 13.8. The third-order valence-electron chi connectivity index (χ3n) is 4.27. The number of nitrogens with zero attached hydrogens (tertiary/aromatic N) is 2. The topological polar surface area (TPSA) is 64.0 Å². The minimum Gasteiger partial charge on any atom is -0.265 e. The molecule has 1 N–H and O–H groups in total. The van der Waals surface area contributed by atoms with Crippen LogP contribution in [0, 0.1) is 5.82 Å². The number of aromatic nitrogens is 2. The predicted octanol–water partition coefficient (Wildman–Crippen LogP) is 4.79. The van der Waals surface area contributed by atoms with Crippen LogP contribution in [-0.4, -0.2) is 18.2 Å². The van der Waals surface area contributed by atoms with E-state index < -0.39 is 10.0 Å². The molecule has 0 amide bonds. The van der Waals surface area contributed by atoms with Gasteiger partial charge in [-0.3, -0.25) is 9.40 Å². The van der Waals surface area contributed by atoms with Crippen molar-refractivity contribution in [2.45, 2.75) is 11.4 Å². The van der Waals surface area contributed by atoms with Crippen molar-refractivity contribution in [2.24, 2.45) is 0 Å². The molecule has 4 rings (SSSR count). The summed E-state index contributed by atoms with van der Waals surface area (Å²) < 4.78 is 43.8. The molecule has 142 valence electrons. The Morgan fingerprint density at radius 3 is 2.50 bits per heavy atom. The van der Waals surface area contributed by atoms with E-state index >= 15 is 0 Å². The minimum absolute atomic E-state index is 0.141. The van der Waals surface area contributed by atoms with Gasteiger partial charge in [-0.15, -0.1) is 0 Å². The standard InChI is InChI=1S/C20H15BrFN3O2S/c21-18-13-25(12-16-7-3-4-8-19(16)22)23-20(18)24-28(26,27)17-10-9-14-5-1-2-6-15(14)11-17/h1-11,13H,12H2,(H,23,24). The quantitative estimate of drug-likeness (QED) is 0.466. The van der Waals surface area contributed by atoms with E-state index in [1.165, 1.54) is 10.7 Å². The molecule has 0 radical (unpaired) electrons. The molecule has 0 aliphatic heterocycles. The third kappa shape index (κ3) is 3.79. The summed E-state index contributed by atoms with van der Waals surface area (Å²) >= 11 is 3.31. The van der Waals surface area contributed by atoms with Gasteiger partial charge in [-0.1, -0.05) is 48.5 Å². The summed E-state index contributed by atoms with van der Waals surface area (Å²) in [5.74, 6) is -0.197. The Morgan fingerprint density at radius 1 is 1.00 bits per heavy atom. The van der Waals surface area contributed by atoms with E-state index in [-0.39, 0.29) is 23.1 Å². The van der Waals surface area contributed by atoms with Gasteiger partial charge in [0.1, 0.15) is 5.82 Å².